The third kappa shape index (κ3) is 3.85. The third-order valence-electron chi connectivity index (χ3n) is 4.18. The van der Waals surface area contributed by atoms with Gasteiger partial charge in [-0.25, -0.2) is 9.97 Å². The molecule has 1 N–H and O–H groups in total. The van der Waals surface area contributed by atoms with Crippen molar-refractivity contribution >= 4 is 29.1 Å². The topological polar surface area (TPSA) is 58.1 Å². The summed E-state index contributed by atoms with van der Waals surface area (Å²) in [6.45, 7) is 5.42. The van der Waals surface area contributed by atoms with Crippen LogP contribution in [0.25, 0.3) is 0 Å². The summed E-state index contributed by atoms with van der Waals surface area (Å²) in [4.78, 5) is 23.7. The van der Waals surface area contributed by atoms with Crippen molar-refractivity contribution in [2.24, 2.45) is 5.92 Å². The molecule has 5 nitrogen and oxygen atoms in total. The van der Waals surface area contributed by atoms with E-state index >= 15 is 0 Å². The zero-order valence-electron chi connectivity index (χ0n) is 13.9. The molecule has 1 aromatic heterocycles. The van der Waals surface area contributed by atoms with Crippen molar-refractivity contribution in [3.63, 3.8) is 0 Å². The quantitative estimate of drug-likeness (QED) is 0.924. The van der Waals surface area contributed by atoms with Crippen LogP contribution in [0.15, 0.2) is 30.3 Å². The molecule has 1 amide bonds. The SMILES string of the molecule is Cc1cc(C)nc(N2CCC[C@H](C(=O)Nc3ccccc3Cl)C2)n1. The second-order valence-electron chi connectivity index (χ2n) is 6.20. The Morgan fingerprint density at radius 1 is 1.25 bits per heavy atom. The van der Waals surface area contributed by atoms with Gasteiger partial charge in [-0.15, -0.1) is 0 Å². The summed E-state index contributed by atoms with van der Waals surface area (Å²) in [5, 5.41) is 3.49. The number of benzene rings is 1. The lowest BCUT2D eigenvalue weighted by atomic mass is 9.97. The minimum atomic E-state index is -0.0977. The molecular formula is C18H21ClN4O. The van der Waals surface area contributed by atoms with E-state index in [1.807, 2.05) is 38.1 Å². The second-order valence-corrected chi connectivity index (χ2v) is 6.61. The fourth-order valence-corrected chi connectivity index (χ4v) is 3.20. The first-order valence-corrected chi connectivity index (χ1v) is 8.53. The standard InChI is InChI=1S/C18H21ClN4O/c1-12-10-13(2)21-18(20-12)23-9-5-6-14(11-23)17(24)22-16-8-4-3-7-15(16)19/h3-4,7-8,10,14H,5-6,9,11H2,1-2H3,(H,22,24)/t14-/m0/s1. The number of aromatic nitrogens is 2. The van der Waals surface area contributed by atoms with Crippen LogP contribution in [-0.2, 0) is 4.79 Å². The van der Waals surface area contributed by atoms with E-state index in [9.17, 15) is 4.79 Å². The monoisotopic (exact) mass is 344 g/mol. The highest BCUT2D eigenvalue weighted by atomic mass is 35.5. The number of nitrogens with one attached hydrogen (secondary N) is 1. The molecule has 0 aliphatic carbocycles. The van der Waals surface area contributed by atoms with E-state index in [1.165, 1.54) is 0 Å². The van der Waals surface area contributed by atoms with Gasteiger partial charge in [0.25, 0.3) is 0 Å². The van der Waals surface area contributed by atoms with Gasteiger partial charge in [-0.3, -0.25) is 4.79 Å². The maximum atomic E-state index is 12.6. The number of amides is 1. The Kier molecular flexibility index (Phi) is 5.00. The molecule has 0 unspecified atom stereocenters. The number of carbonyl (C=O) groups is 1. The van der Waals surface area contributed by atoms with E-state index < -0.39 is 0 Å². The number of rotatable bonds is 3. The lowest BCUT2D eigenvalue weighted by Gasteiger charge is -2.32. The molecule has 126 valence electrons. The van der Waals surface area contributed by atoms with Crippen molar-refractivity contribution < 1.29 is 4.79 Å². The number of carbonyl (C=O) groups excluding carboxylic acids is 1. The summed E-state index contributed by atoms with van der Waals surface area (Å²) in [6.07, 6.45) is 1.80. The van der Waals surface area contributed by atoms with Crippen LogP contribution in [0.3, 0.4) is 0 Å². The lowest BCUT2D eigenvalue weighted by Crippen LogP contribution is -2.41. The van der Waals surface area contributed by atoms with E-state index in [-0.39, 0.29) is 11.8 Å². The Bertz CT molecular complexity index is 729. The summed E-state index contributed by atoms with van der Waals surface area (Å²) < 4.78 is 0. The van der Waals surface area contributed by atoms with Crippen LogP contribution >= 0.6 is 11.6 Å². The molecule has 6 heteroatoms. The number of anilines is 2. The second kappa shape index (κ2) is 7.18. The first-order chi connectivity index (χ1) is 11.5. The Morgan fingerprint density at radius 2 is 1.96 bits per heavy atom. The average Bonchev–Trinajstić information content (AvgIpc) is 2.56. The van der Waals surface area contributed by atoms with Crippen LogP contribution in [0.5, 0.6) is 0 Å². The molecule has 0 radical (unpaired) electrons. The number of piperidine rings is 1. The van der Waals surface area contributed by atoms with Gasteiger partial charge in [0, 0.05) is 24.5 Å². The summed E-state index contributed by atoms with van der Waals surface area (Å²) >= 11 is 6.12. The average molecular weight is 345 g/mol. The van der Waals surface area contributed by atoms with Crippen molar-refractivity contribution in [1.29, 1.82) is 0 Å². The molecule has 1 saturated heterocycles. The number of hydrogen-bond donors (Lipinski definition) is 1. The van der Waals surface area contributed by atoms with Gasteiger partial charge >= 0.3 is 0 Å². The molecule has 1 aromatic carbocycles. The molecular weight excluding hydrogens is 324 g/mol. The fraction of sp³-hybridized carbons (Fsp3) is 0.389. The van der Waals surface area contributed by atoms with Gasteiger partial charge in [-0.05, 0) is 44.9 Å². The van der Waals surface area contributed by atoms with E-state index in [4.69, 9.17) is 11.6 Å². The number of hydrogen-bond acceptors (Lipinski definition) is 4. The van der Waals surface area contributed by atoms with Gasteiger partial charge in [0.05, 0.1) is 16.6 Å². The minimum absolute atomic E-state index is 0.00262. The highest BCUT2D eigenvalue weighted by Gasteiger charge is 2.27. The predicted octanol–water partition coefficient (Wildman–Crippen LogP) is 3.60. The molecule has 1 aliphatic rings. The lowest BCUT2D eigenvalue weighted by molar-refractivity contribution is -0.120. The van der Waals surface area contributed by atoms with Gasteiger partial charge < -0.3 is 10.2 Å². The molecule has 0 spiro atoms. The highest BCUT2D eigenvalue weighted by Crippen LogP contribution is 2.25. The van der Waals surface area contributed by atoms with Crippen molar-refractivity contribution in [3.05, 3.63) is 46.7 Å². The van der Waals surface area contributed by atoms with Crippen LogP contribution in [0, 0.1) is 19.8 Å². The Balaban J connectivity index is 1.71. The first-order valence-electron chi connectivity index (χ1n) is 8.15. The number of nitrogens with zero attached hydrogens (tertiary/aromatic N) is 3. The Hall–Kier alpha value is -2.14. The van der Waals surface area contributed by atoms with Crippen LogP contribution in [0.4, 0.5) is 11.6 Å². The summed E-state index contributed by atoms with van der Waals surface area (Å²) in [7, 11) is 0. The maximum Gasteiger partial charge on any atom is 0.229 e. The van der Waals surface area contributed by atoms with Gasteiger partial charge in [0.2, 0.25) is 11.9 Å². The molecule has 24 heavy (non-hydrogen) atoms. The highest BCUT2D eigenvalue weighted by molar-refractivity contribution is 6.33. The van der Waals surface area contributed by atoms with Crippen molar-refractivity contribution in [3.8, 4) is 0 Å². The molecule has 2 aromatic rings. The maximum absolute atomic E-state index is 12.6. The Morgan fingerprint density at radius 3 is 2.67 bits per heavy atom. The zero-order valence-corrected chi connectivity index (χ0v) is 14.7. The van der Waals surface area contributed by atoms with Crippen LogP contribution in [0.2, 0.25) is 5.02 Å². The van der Waals surface area contributed by atoms with Gasteiger partial charge in [0.1, 0.15) is 0 Å². The van der Waals surface area contributed by atoms with Crippen molar-refractivity contribution in [2.45, 2.75) is 26.7 Å². The predicted molar refractivity (Wildman–Crippen MR) is 96.5 cm³/mol. The van der Waals surface area contributed by atoms with Crippen LogP contribution < -0.4 is 10.2 Å². The van der Waals surface area contributed by atoms with Gasteiger partial charge in [-0.2, -0.15) is 0 Å². The summed E-state index contributed by atoms with van der Waals surface area (Å²) in [5.41, 5.74) is 2.55. The summed E-state index contributed by atoms with van der Waals surface area (Å²) in [5.74, 6) is 0.611. The normalized spacial score (nSPS) is 17.6. The number of para-hydroxylation sites is 1. The van der Waals surface area contributed by atoms with Gasteiger partial charge in [0.15, 0.2) is 0 Å². The number of aryl methyl sites for hydroxylation is 2. The largest absolute Gasteiger partial charge is 0.340 e. The smallest absolute Gasteiger partial charge is 0.229 e. The van der Waals surface area contributed by atoms with E-state index in [0.717, 1.165) is 30.8 Å². The molecule has 1 fully saturated rings. The molecule has 3 rings (SSSR count). The van der Waals surface area contributed by atoms with Crippen molar-refractivity contribution in [1.82, 2.24) is 9.97 Å². The first kappa shape index (κ1) is 16.7. The van der Waals surface area contributed by atoms with E-state index in [2.05, 4.69) is 20.2 Å². The minimum Gasteiger partial charge on any atom is -0.340 e. The van der Waals surface area contributed by atoms with E-state index in [0.29, 0.717) is 23.2 Å². The zero-order chi connectivity index (χ0) is 17.1. The molecule has 1 atom stereocenters. The van der Waals surface area contributed by atoms with Crippen LogP contribution in [0.1, 0.15) is 24.2 Å². The Labute approximate surface area is 147 Å². The van der Waals surface area contributed by atoms with Crippen molar-refractivity contribution in [2.75, 3.05) is 23.3 Å². The summed E-state index contributed by atoms with van der Waals surface area (Å²) in [6, 6.07) is 9.24. The third-order valence-corrected chi connectivity index (χ3v) is 4.51. The molecule has 1 aliphatic heterocycles. The van der Waals surface area contributed by atoms with Gasteiger partial charge in [-0.1, -0.05) is 23.7 Å². The van der Waals surface area contributed by atoms with Crippen LogP contribution in [-0.4, -0.2) is 29.0 Å². The molecule has 0 saturated carbocycles. The fourth-order valence-electron chi connectivity index (χ4n) is 3.02. The molecule has 2 heterocycles. The van der Waals surface area contributed by atoms with E-state index in [1.54, 1.807) is 6.07 Å². The number of halogens is 1. The molecule has 0 bridgehead atoms.